The number of benzene rings is 1. The van der Waals surface area contributed by atoms with Crippen LogP contribution in [0, 0.1) is 0 Å². The molecule has 0 saturated carbocycles. The summed E-state index contributed by atoms with van der Waals surface area (Å²) in [5.41, 5.74) is 2.49. The summed E-state index contributed by atoms with van der Waals surface area (Å²) in [6, 6.07) is 10.8. The molecule has 5 nitrogen and oxygen atoms in total. The van der Waals surface area contributed by atoms with Gasteiger partial charge in [-0.3, -0.25) is 4.90 Å². The number of hydrogen-bond acceptors (Lipinski definition) is 4. The Balaban J connectivity index is 1.73. The summed E-state index contributed by atoms with van der Waals surface area (Å²) in [5.74, 6) is 1.82. The third-order valence-electron chi connectivity index (χ3n) is 4.89. The molecule has 2 heterocycles. The monoisotopic (exact) mass is 386 g/mol. The Bertz CT molecular complexity index is 711. The molecule has 0 aliphatic carbocycles. The number of nitrogens with zero attached hydrogens (tertiary/aromatic N) is 2. The summed E-state index contributed by atoms with van der Waals surface area (Å²) in [5, 5.41) is 11.2. The second-order valence-corrected chi connectivity index (χ2v) is 7.49. The molecule has 3 rings (SSSR count). The van der Waals surface area contributed by atoms with E-state index in [0.717, 1.165) is 37.9 Å². The molecule has 0 bridgehead atoms. The van der Waals surface area contributed by atoms with Gasteiger partial charge in [0.05, 0.1) is 19.7 Å². The van der Waals surface area contributed by atoms with Gasteiger partial charge in [-0.1, -0.05) is 18.2 Å². The lowest BCUT2D eigenvalue weighted by Gasteiger charge is -2.30. The first-order valence-corrected chi connectivity index (χ1v) is 10.7. The zero-order valence-electron chi connectivity index (χ0n) is 16.3. The smallest absolute Gasteiger partial charge is 0.191 e. The summed E-state index contributed by atoms with van der Waals surface area (Å²) in [6.45, 7) is 6.70. The SMILES string of the molecule is CCNC(=NCc1ccsc1)NCC(c1ccccc1OC)N1CCCC1. The highest BCUT2D eigenvalue weighted by atomic mass is 32.1. The Morgan fingerprint density at radius 3 is 2.74 bits per heavy atom. The van der Waals surface area contributed by atoms with E-state index in [1.54, 1.807) is 18.4 Å². The second-order valence-electron chi connectivity index (χ2n) is 6.71. The number of para-hydroxylation sites is 1. The quantitative estimate of drug-likeness (QED) is 0.537. The van der Waals surface area contributed by atoms with Gasteiger partial charge < -0.3 is 15.4 Å². The Morgan fingerprint density at radius 1 is 1.22 bits per heavy atom. The molecule has 1 aromatic carbocycles. The van der Waals surface area contributed by atoms with Gasteiger partial charge in [0.2, 0.25) is 0 Å². The van der Waals surface area contributed by atoms with Crippen molar-refractivity contribution in [2.75, 3.05) is 33.3 Å². The van der Waals surface area contributed by atoms with Gasteiger partial charge in [0.1, 0.15) is 5.75 Å². The minimum Gasteiger partial charge on any atom is -0.496 e. The highest BCUT2D eigenvalue weighted by molar-refractivity contribution is 7.07. The van der Waals surface area contributed by atoms with E-state index in [1.807, 2.05) is 12.1 Å². The molecule has 1 atom stereocenters. The van der Waals surface area contributed by atoms with E-state index in [-0.39, 0.29) is 6.04 Å². The Hall–Kier alpha value is -2.05. The number of thiophene rings is 1. The number of nitrogens with one attached hydrogen (secondary N) is 2. The molecule has 146 valence electrons. The van der Waals surface area contributed by atoms with Crippen LogP contribution in [0.5, 0.6) is 5.75 Å². The number of methoxy groups -OCH3 is 1. The van der Waals surface area contributed by atoms with E-state index in [9.17, 15) is 0 Å². The number of likely N-dealkylation sites (tertiary alicyclic amines) is 1. The molecule has 1 unspecified atom stereocenters. The maximum atomic E-state index is 5.64. The fraction of sp³-hybridized carbons (Fsp3) is 0.476. The summed E-state index contributed by atoms with van der Waals surface area (Å²) in [7, 11) is 1.75. The van der Waals surface area contributed by atoms with Gasteiger partial charge in [-0.25, -0.2) is 4.99 Å². The predicted molar refractivity (Wildman–Crippen MR) is 114 cm³/mol. The molecular formula is C21H30N4OS. The molecule has 1 saturated heterocycles. The first kappa shape index (κ1) is 19.7. The van der Waals surface area contributed by atoms with Gasteiger partial charge in [-0.05, 0) is 61.3 Å². The summed E-state index contributed by atoms with van der Waals surface area (Å²) < 4.78 is 5.64. The lowest BCUT2D eigenvalue weighted by atomic mass is 10.0. The highest BCUT2D eigenvalue weighted by Gasteiger charge is 2.26. The van der Waals surface area contributed by atoms with Gasteiger partial charge >= 0.3 is 0 Å². The first-order chi connectivity index (χ1) is 13.3. The average molecular weight is 387 g/mol. The van der Waals surface area contributed by atoms with Crippen LogP contribution in [0.4, 0.5) is 0 Å². The minimum absolute atomic E-state index is 0.272. The van der Waals surface area contributed by atoms with Crippen molar-refractivity contribution in [2.24, 2.45) is 4.99 Å². The molecule has 0 amide bonds. The van der Waals surface area contributed by atoms with Crippen molar-refractivity contribution >= 4 is 17.3 Å². The molecule has 6 heteroatoms. The standard InChI is InChI=1S/C21H30N4OS/c1-3-22-21(23-14-17-10-13-27-16-17)24-15-19(25-11-6-7-12-25)18-8-4-5-9-20(18)26-2/h4-5,8-10,13,16,19H,3,6-7,11-12,14-15H2,1-2H3,(H2,22,23,24). The van der Waals surface area contributed by atoms with Crippen LogP contribution in [0.2, 0.25) is 0 Å². The topological polar surface area (TPSA) is 48.9 Å². The molecule has 1 aromatic heterocycles. The van der Waals surface area contributed by atoms with E-state index < -0.39 is 0 Å². The molecule has 0 spiro atoms. The van der Waals surface area contributed by atoms with Crippen LogP contribution >= 0.6 is 11.3 Å². The number of ether oxygens (including phenoxy) is 1. The average Bonchev–Trinajstić information content (AvgIpc) is 3.41. The Labute approximate surface area is 166 Å². The van der Waals surface area contributed by atoms with Crippen LogP contribution in [0.15, 0.2) is 46.1 Å². The minimum atomic E-state index is 0.272. The fourth-order valence-corrected chi connectivity index (χ4v) is 4.18. The van der Waals surface area contributed by atoms with Gasteiger partial charge in [-0.15, -0.1) is 0 Å². The van der Waals surface area contributed by atoms with Crippen molar-refractivity contribution in [3.8, 4) is 5.75 Å². The van der Waals surface area contributed by atoms with Gasteiger partial charge in [-0.2, -0.15) is 11.3 Å². The van der Waals surface area contributed by atoms with Crippen molar-refractivity contribution in [1.82, 2.24) is 15.5 Å². The predicted octanol–water partition coefficient (Wildman–Crippen LogP) is 3.65. The highest BCUT2D eigenvalue weighted by Crippen LogP contribution is 2.31. The molecule has 1 fully saturated rings. The first-order valence-electron chi connectivity index (χ1n) is 9.72. The van der Waals surface area contributed by atoms with Crippen LogP contribution in [0.25, 0.3) is 0 Å². The molecule has 2 aromatic rings. The van der Waals surface area contributed by atoms with E-state index in [2.05, 4.69) is 51.4 Å². The number of hydrogen-bond donors (Lipinski definition) is 2. The van der Waals surface area contributed by atoms with Crippen molar-refractivity contribution in [3.05, 3.63) is 52.2 Å². The largest absolute Gasteiger partial charge is 0.496 e. The van der Waals surface area contributed by atoms with Crippen molar-refractivity contribution in [1.29, 1.82) is 0 Å². The second kappa shape index (κ2) is 10.3. The molecule has 1 aliphatic heterocycles. The van der Waals surface area contributed by atoms with Gasteiger partial charge in [0.15, 0.2) is 5.96 Å². The van der Waals surface area contributed by atoms with E-state index in [0.29, 0.717) is 6.54 Å². The van der Waals surface area contributed by atoms with Crippen LogP contribution in [-0.4, -0.2) is 44.1 Å². The van der Waals surface area contributed by atoms with Crippen molar-refractivity contribution < 1.29 is 4.74 Å². The van der Waals surface area contributed by atoms with E-state index in [1.165, 1.54) is 24.0 Å². The normalized spacial score (nSPS) is 16.3. The van der Waals surface area contributed by atoms with E-state index >= 15 is 0 Å². The van der Waals surface area contributed by atoms with Crippen LogP contribution in [0.3, 0.4) is 0 Å². The Morgan fingerprint density at radius 2 is 2.04 bits per heavy atom. The zero-order chi connectivity index (χ0) is 18.9. The lowest BCUT2D eigenvalue weighted by molar-refractivity contribution is 0.239. The third-order valence-corrected chi connectivity index (χ3v) is 5.62. The van der Waals surface area contributed by atoms with Gasteiger partial charge in [0, 0.05) is 18.7 Å². The van der Waals surface area contributed by atoms with Gasteiger partial charge in [0.25, 0.3) is 0 Å². The number of aliphatic imine (C=N–C) groups is 1. The van der Waals surface area contributed by atoms with Crippen molar-refractivity contribution in [3.63, 3.8) is 0 Å². The summed E-state index contributed by atoms with van der Waals surface area (Å²) in [4.78, 5) is 7.29. The summed E-state index contributed by atoms with van der Waals surface area (Å²) >= 11 is 1.71. The molecular weight excluding hydrogens is 356 g/mol. The zero-order valence-corrected chi connectivity index (χ0v) is 17.1. The third kappa shape index (κ3) is 5.47. The van der Waals surface area contributed by atoms with Crippen molar-refractivity contribution in [2.45, 2.75) is 32.4 Å². The lowest BCUT2D eigenvalue weighted by Crippen LogP contribution is -2.42. The van der Waals surface area contributed by atoms with Crippen LogP contribution < -0.4 is 15.4 Å². The number of guanidine groups is 1. The van der Waals surface area contributed by atoms with Crippen LogP contribution in [-0.2, 0) is 6.54 Å². The summed E-state index contributed by atoms with van der Waals surface area (Å²) in [6.07, 6.45) is 2.52. The number of rotatable bonds is 8. The van der Waals surface area contributed by atoms with Crippen LogP contribution in [0.1, 0.15) is 36.9 Å². The molecule has 0 radical (unpaired) electrons. The maximum Gasteiger partial charge on any atom is 0.191 e. The Kier molecular flexibility index (Phi) is 7.54. The molecule has 27 heavy (non-hydrogen) atoms. The molecule has 1 aliphatic rings. The fourth-order valence-electron chi connectivity index (χ4n) is 3.52. The van der Waals surface area contributed by atoms with E-state index in [4.69, 9.17) is 9.73 Å². The maximum absolute atomic E-state index is 5.64. The molecule has 2 N–H and O–H groups in total.